The molecule has 0 saturated carbocycles. The number of carbonyl (C=O) groups excluding carboxylic acids is 2. The molecule has 1 amide bonds. The number of hydrogen-bond donors (Lipinski definition) is 1. The molecule has 0 aliphatic heterocycles. The highest BCUT2D eigenvalue weighted by Crippen LogP contribution is 2.31. The number of hydrogen-bond acceptors (Lipinski definition) is 6. The van der Waals surface area contributed by atoms with Gasteiger partial charge in [-0.1, -0.05) is 6.07 Å². The second-order valence-corrected chi connectivity index (χ2v) is 5.02. The molecule has 0 spiro atoms. The van der Waals surface area contributed by atoms with E-state index in [2.05, 4.69) is 15.0 Å². The summed E-state index contributed by atoms with van der Waals surface area (Å²) in [4.78, 5) is 26.6. The maximum atomic E-state index is 12.6. The quantitative estimate of drug-likeness (QED) is 0.752. The first-order valence-electron chi connectivity index (χ1n) is 7.39. The van der Waals surface area contributed by atoms with Crippen LogP contribution in [0, 0.1) is 0 Å². The summed E-state index contributed by atoms with van der Waals surface area (Å²) in [6, 6.07) is 4.35. The number of alkyl halides is 3. The molecule has 1 N–H and O–H groups in total. The number of halogens is 3. The lowest BCUT2D eigenvalue weighted by atomic mass is 10.2. The number of nitrogens with one attached hydrogen (secondary N) is 1. The van der Waals surface area contributed by atoms with Crippen LogP contribution in [0.25, 0.3) is 0 Å². The van der Waals surface area contributed by atoms with Gasteiger partial charge in [-0.3, -0.25) is 9.59 Å². The Labute approximate surface area is 146 Å². The van der Waals surface area contributed by atoms with Gasteiger partial charge in [0, 0.05) is 6.54 Å². The number of nitrogens with zero attached hydrogens (tertiary/aromatic N) is 1. The minimum atomic E-state index is -4.47. The summed E-state index contributed by atoms with van der Waals surface area (Å²) < 4.78 is 52.6. The maximum absolute atomic E-state index is 12.6. The van der Waals surface area contributed by atoms with Crippen LogP contribution in [0.3, 0.4) is 0 Å². The number of methoxy groups -OCH3 is 1. The van der Waals surface area contributed by atoms with E-state index in [4.69, 9.17) is 9.15 Å². The van der Waals surface area contributed by atoms with Gasteiger partial charge in [0.2, 0.25) is 5.89 Å². The third kappa shape index (κ3) is 5.50. The molecule has 2 aromatic rings. The first kappa shape index (κ1) is 19.3. The van der Waals surface area contributed by atoms with Crippen molar-refractivity contribution in [3.05, 3.63) is 47.7 Å². The van der Waals surface area contributed by atoms with Crippen molar-refractivity contribution in [2.24, 2.45) is 0 Å². The summed E-state index contributed by atoms with van der Waals surface area (Å²) in [5.41, 5.74) is -0.884. The largest absolute Gasteiger partial charge is 0.484 e. The van der Waals surface area contributed by atoms with E-state index in [1.165, 1.54) is 19.2 Å². The molecule has 1 heterocycles. The molecule has 1 aromatic heterocycles. The van der Waals surface area contributed by atoms with Crippen molar-refractivity contribution in [1.29, 1.82) is 0 Å². The molecule has 7 nitrogen and oxygen atoms in total. The molecule has 0 saturated heterocycles. The Bertz CT molecular complexity index is 773. The van der Waals surface area contributed by atoms with E-state index in [1.54, 1.807) is 0 Å². The third-order valence-electron chi connectivity index (χ3n) is 3.15. The predicted octanol–water partition coefficient (Wildman–Crippen LogP) is 2.57. The standard InChI is InChI=1S/C16H15F3N2O5/c1-24-14(22)5-6-20-15(23)12-8-26-13(21-12)9-25-11-4-2-3-10(7-11)16(17,18)19/h2-4,7-8H,5-6,9H2,1H3,(H,20,23). The molecule has 0 aliphatic carbocycles. The number of rotatable bonds is 7. The van der Waals surface area contributed by atoms with Gasteiger partial charge in [-0.15, -0.1) is 0 Å². The number of esters is 1. The summed E-state index contributed by atoms with van der Waals surface area (Å²) in [5.74, 6) is -1.04. The van der Waals surface area contributed by atoms with E-state index in [0.717, 1.165) is 18.4 Å². The fraction of sp³-hybridized carbons (Fsp3) is 0.312. The summed E-state index contributed by atoms with van der Waals surface area (Å²) in [5, 5.41) is 2.45. The smallest absolute Gasteiger partial charge is 0.416 e. The summed E-state index contributed by atoms with van der Waals surface area (Å²) in [6.45, 7) is -0.189. The van der Waals surface area contributed by atoms with Crippen LogP contribution >= 0.6 is 0 Å². The van der Waals surface area contributed by atoms with Gasteiger partial charge in [-0.05, 0) is 18.2 Å². The van der Waals surface area contributed by atoms with Crippen LogP contribution in [0.4, 0.5) is 13.2 Å². The number of carbonyl (C=O) groups is 2. The molecule has 26 heavy (non-hydrogen) atoms. The number of ether oxygens (including phenoxy) is 2. The Kier molecular flexibility index (Phi) is 6.21. The molecule has 140 valence electrons. The molecule has 0 bridgehead atoms. The van der Waals surface area contributed by atoms with Gasteiger partial charge >= 0.3 is 12.1 Å². The van der Waals surface area contributed by atoms with Crippen LogP contribution < -0.4 is 10.1 Å². The summed E-state index contributed by atoms with van der Waals surface area (Å²) in [6.07, 6.45) is -3.39. The zero-order chi connectivity index (χ0) is 19.2. The minimum absolute atomic E-state index is 0.00556. The molecule has 1 aromatic carbocycles. The van der Waals surface area contributed by atoms with Gasteiger partial charge < -0.3 is 19.2 Å². The average molecular weight is 372 g/mol. The van der Waals surface area contributed by atoms with Crippen molar-refractivity contribution in [2.75, 3.05) is 13.7 Å². The maximum Gasteiger partial charge on any atom is 0.416 e. The molecule has 0 radical (unpaired) electrons. The van der Waals surface area contributed by atoms with Crippen LogP contribution in [0.1, 0.15) is 28.4 Å². The Balaban J connectivity index is 1.88. The first-order valence-corrected chi connectivity index (χ1v) is 7.39. The zero-order valence-electron chi connectivity index (χ0n) is 13.6. The molecule has 0 fully saturated rings. The van der Waals surface area contributed by atoms with E-state index < -0.39 is 23.6 Å². The van der Waals surface area contributed by atoms with Crippen molar-refractivity contribution < 1.29 is 36.7 Å². The second kappa shape index (κ2) is 8.37. The Hall–Kier alpha value is -3.04. The molecule has 0 unspecified atom stereocenters. The molecule has 10 heteroatoms. The van der Waals surface area contributed by atoms with Gasteiger partial charge in [-0.2, -0.15) is 13.2 Å². The van der Waals surface area contributed by atoms with Gasteiger partial charge in [-0.25, -0.2) is 4.98 Å². The summed E-state index contributed by atoms with van der Waals surface area (Å²) in [7, 11) is 1.23. The molecular formula is C16H15F3N2O5. The van der Waals surface area contributed by atoms with Crippen molar-refractivity contribution in [2.45, 2.75) is 19.2 Å². The molecule has 0 aliphatic rings. The molecule has 0 atom stereocenters. The normalized spacial score (nSPS) is 11.1. The lowest BCUT2D eigenvalue weighted by Gasteiger charge is -2.09. The average Bonchev–Trinajstić information content (AvgIpc) is 3.08. The van der Waals surface area contributed by atoms with E-state index in [9.17, 15) is 22.8 Å². The number of amides is 1. The van der Waals surface area contributed by atoms with Crippen molar-refractivity contribution >= 4 is 11.9 Å². The van der Waals surface area contributed by atoms with Gasteiger partial charge in [0.05, 0.1) is 19.1 Å². The highest BCUT2D eigenvalue weighted by atomic mass is 19.4. The van der Waals surface area contributed by atoms with Gasteiger partial charge in [0.15, 0.2) is 12.3 Å². The lowest BCUT2D eigenvalue weighted by molar-refractivity contribution is -0.140. The fourth-order valence-corrected chi connectivity index (χ4v) is 1.86. The van der Waals surface area contributed by atoms with E-state index in [-0.39, 0.29) is 36.9 Å². The van der Waals surface area contributed by atoms with E-state index in [1.807, 2.05) is 0 Å². The third-order valence-corrected chi connectivity index (χ3v) is 3.15. The van der Waals surface area contributed by atoms with E-state index >= 15 is 0 Å². The second-order valence-electron chi connectivity index (χ2n) is 5.02. The van der Waals surface area contributed by atoms with Crippen LogP contribution in [0.15, 0.2) is 34.9 Å². The highest BCUT2D eigenvalue weighted by molar-refractivity contribution is 5.92. The molecular weight excluding hydrogens is 357 g/mol. The first-order chi connectivity index (χ1) is 12.3. The monoisotopic (exact) mass is 372 g/mol. The van der Waals surface area contributed by atoms with E-state index in [0.29, 0.717) is 0 Å². The SMILES string of the molecule is COC(=O)CCNC(=O)c1coc(COc2cccc(C(F)(F)F)c2)n1. The van der Waals surface area contributed by atoms with Crippen molar-refractivity contribution in [1.82, 2.24) is 10.3 Å². The highest BCUT2D eigenvalue weighted by Gasteiger charge is 2.30. The van der Waals surface area contributed by atoms with Crippen LogP contribution in [0.5, 0.6) is 5.75 Å². The molecule has 2 rings (SSSR count). The fourth-order valence-electron chi connectivity index (χ4n) is 1.86. The van der Waals surface area contributed by atoms with Crippen molar-refractivity contribution in [3.63, 3.8) is 0 Å². The lowest BCUT2D eigenvalue weighted by Crippen LogP contribution is -2.26. The topological polar surface area (TPSA) is 90.7 Å². The van der Waals surface area contributed by atoms with Crippen LogP contribution in [-0.4, -0.2) is 30.5 Å². The Morgan fingerprint density at radius 3 is 2.77 bits per heavy atom. The Morgan fingerprint density at radius 1 is 1.31 bits per heavy atom. The predicted molar refractivity (Wildman–Crippen MR) is 81.2 cm³/mol. The zero-order valence-corrected chi connectivity index (χ0v) is 13.6. The van der Waals surface area contributed by atoms with Gasteiger partial charge in [0.25, 0.3) is 5.91 Å². The van der Waals surface area contributed by atoms with Crippen LogP contribution in [0.2, 0.25) is 0 Å². The van der Waals surface area contributed by atoms with Crippen LogP contribution in [-0.2, 0) is 22.3 Å². The minimum Gasteiger partial charge on any atom is -0.484 e. The van der Waals surface area contributed by atoms with Gasteiger partial charge in [0.1, 0.15) is 12.0 Å². The Morgan fingerprint density at radius 2 is 2.08 bits per heavy atom. The van der Waals surface area contributed by atoms with Crippen molar-refractivity contribution in [3.8, 4) is 5.75 Å². The summed E-state index contributed by atoms with van der Waals surface area (Å²) >= 11 is 0. The number of oxazole rings is 1. The number of aromatic nitrogens is 1. The number of benzene rings is 1.